The molecule has 3 heterocycles. The van der Waals surface area contributed by atoms with Crippen molar-refractivity contribution < 1.29 is 14.2 Å². The molecule has 0 N–H and O–H groups in total. The van der Waals surface area contributed by atoms with Crippen LogP contribution in [0.2, 0.25) is 0 Å². The number of nitrogens with zero attached hydrogens (tertiary/aromatic N) is 4. The zero-order chi connectivity index (χ0) is 25.0. The number of nitriles is 1. The van der Waals surface area contributed by atoms with Crippen molar-refractivity contribution >= 4 is 5.69 Å². The van der Waals surface area contributed by atoms with Crippen LogP contribution >= 0.6 is 0 Å². The van der Waals surface area contributed by atoms with E-state index in [-0.39, 0.29) is 6.10 Å². The monoisotopic (exact) mass is 496 g/mol. The molecular weight excluding hydrogens is 464 g/mol. The van der Waals surface area contributed by atoms with Crippen LogP contribution in [0.25, 0.3) is 11.3 Å². The number of hydrogen-bond donors (Lipinski definition) is 0. The fourth-order valence-corrected chi connectivity index (χ4v) is 5.21. The van der Waals surface area contributed by atoms with Gasteiger partial charge in [0.1, 0.15) is 23.7 Å². The van der Waals surface area contributed by atoms with E-state index in [0.717, 1.165) is 56.2 Å². The quantitative estimate of drug-likeness (QED) is 0.461. The Bertz CT molecular complexity index is 1290. The van der Waals surface area contributed by atoms with Crippen LogP contribution in [0.1, 0.15) is 54.1 Å². The molecule has 7 heteroatoms. The highest BCUT2D eigenvalue weighted by atomic mass is 16.5. The first-order valence-electron chi connectivity index (χ1n) is 13.3. The number of hydrogen-bond acceptors (Lipinski definition) is 7. The van der Waals surface area contributed by atoms with Crippen molar-refractivity contribution in [3.63, 3.8) is 0 Å². The lowest BCUT2D eigenvalue weighted by Gasteiger charge is -2.31. The lowest BCUT2D eigenvalue weighted by molar-refractivity contribution is 0.0254. The Morgan fingerprint density at radius 2 is 1.76 bits per heavy atom. The van der Waals surface area contributed by atoms with Crippen molar-refractivity contribution in [1.82, 2.24) is 9.97 Å². The summed E-state index contributed by atoms with van der Waals surface area (Å²) in [5.74, 6) is 2.07. The second-order valence-corrected chi connectivity index (χ2v) is 10.1. The lowest BCUT2D eigenvalue weighted by Crippen LogP contribution is -2.36. The van der Waals surface area contributed by atoms with Crippen LogP contribution in [-0.2, 0) is 15.9 Å². The molecule has 3 fully saturated rings. The van der Waals surface area contributed by atoms with E-state index < -0.39 is 0 Å². The molecule has 6 rings (SSSR count). The Morgan fingerprint density at radius 1 is 0.946 bits per heavy atom. The van der Waals surface area contributed by atoms with Crippen molar-refractivity contribution in [2.75, 3.05) is 44.4 Å². The highest BCUT2D eigenvalue weighted by Gasteiger charge is 2.28. The third-order valence-corrected chi connectivity index (χ3v) is 7.39. The molecule has 190 valence electrons. The molecule has 1 aliphatic carbocycles. The van der Waals surface area contributed by atoms with Crippen molar-refractivity contribution in [3.8, 4) is 23.1 Å². The molecule has 0 bridgehead atoms. The minimum atomic E-state index is 0.0903. The van der Waals surface area contributed by atoms with Gasteiger partial charge in [0.05, 0.1) is 37.7 Å². The number of aromatic nitrogens is 2. The Balaban J connectivity index is 1.21. The van der Waals surface area contributed by atoms with Gasteiger partial charge in [0.25, 0.3) is 0 Å². The number of benzene rings is 2. The molecule has 0 radical (unpaired) electrons. The predicted octanol–water partition coefficient (Wildman–Crippen LogP) is 4.88. The van der Waals surface area contributed by atoms with Gasteiger partial charge < -0.3 is 19.1 Å². The molecule has 3 aromatic rings. The van der Waals surface area contributed by atoms with Gasteiger partial charge in [0, 0.05) is 49.8 Å². The van der Waals surface area contributed by atoms with E-state index in [2.05, 4.69) is 34.2 Å². The van der Waals surface area contributed by atoms with E-state index in [0.29, 0.717) is 36.9 Å². The van der Waals surface area contributed by atoms with Gasteiger partial charge >= 0.3 is 0 Å². The van der Waals surface area contributed by atoms with Gasteiger partial charge in [0.15, 0.2) is 0 Å². The minimum Gasteiger partial charge on any atom is -0.489 e. The number of rotatable bonds is 7. The maximum atomic E-state index is 9.76. The third kappa shape index (κ3) is 5.61. The van der Waals surface area contributed by atoms with Gasteiger partial charge in [-0.1, -0.05) is 12.1 Å². The van der Waals surface area contributed by atoms with Crippen LogP contribution in [0.15, 0.2) is 48.7 Å². The van der Waals surface area contributed by atoms with Crippen molar-refractivity contribution in [3.05, 3.63) is 71.2 Å². The van der Waals surface area contributed by atoms with Gasteiger partial charge in [-0.25, -0.2) is 9.97 Å². The summed E-state index contributed by atoms with van der Waals surface area (Å²) in [6.07, 6.45) is 6.79. The molecule has 2 saturated heterocycles. The third-order valence-electron chi connectivity index (χ3n) is 7.39. The molecule has 1 saturated carbocycles. The standard InChI is InChI=1S/C30H32N4O3/c31-20-24-19-23(4-6-29(24)37-25-8-13-35-14-9-25)27-7-10-32-30(33-27)18-21-1-5-28(26(17-21)22-2-3-22)34-11-15-36-16-12-34/h1,4-7,10,17,19,22,25H,2-3,8-9,11-16,18H2. The summed E-state index contributed by atoms with van der Waals surface area (Å²) in [5.41, 5.74) is 6.27. The van der Waals surface area contributed by atoms with Crippen molar-refractivity contribution in [1.29, 1.82) is 5.26 Å². The fraction of sp³-hybridized carbons (Fsp3) is 0.433. The summed E-state index contributed by atoms with van der Waals surface area (Å²) >= 11 is 0. The van der Waals surface area contributed by atoms with Crippen LogP contribution in [0.4, 0.5) is 5.69 Å². The molecule has 0 amide bonds. The Morgan fingerprint density at radius 3 is 2.54 bits per heavy atom. The molecule has 2 aromatic carbocycles. The molecule has 1 aromatic heterocycles. The molecule has 0 atom stereocenters. The molecule has 37 heavy (non-hydrogen) atoms. The molecular formula is C30H32N4O3. The smallest absolute Gasteiger partial charge is 0.137 e. The maximum Gasteiger partial charge on any atom is 0.137 e. The number of morpholine rings is 1. The zero-order valence-corrected chi connectivity index (χ0v) is 21.1. The summed E-state index contributed by atoms with van der Waals surface area (Å²) in [6, 6.07) is 16.8. The van der Waals surface area contributed by atoms with Crippen LogP contribution in [0, 0.1) is 11.3 Å². The van der Waals surface area contributed by atoms with Crippen LogP contribution in [-0.4, -0.2) is 55.6 Å². The van der Waals surface area contributed by atoms with E-state index in [1.54, 1.807) is 6.20 Å². The SMILES string of the molecule is N#Cc1cc(-c2ccnc(Cc3ccc(N4CCOCC4)c(C4CC4)c3)n2)ccc1OC1CCOCC1. The molecule has 0 spiro atoms. The Labute approximate surface area is 218 Å². The number of ether oxygens (including phenoxy) is 3. The highest BCUT2D eigenvalue weighted by Crippen LogP contribution is 2.45. The lowest BCUT2D eigenvalue weighted by atomic mass is 10.0. The second-order valence-electron chi connectivity index (χ2n) is 10.1. The van der Waals surface area contributed by atoms with Crippen LogP contribution in [0.5, 0.6) is 5.75 Å². The van der Waals surface area contributed by atoms with Crippen LogP contribution < -0.4 is 9.64 Å². The largest absolute Gasteiger partial charge is 0.489 e. The minimum absolute atomic E-state index is 0.0903. The average Bonchev–Trinajstić information content (AvgIpc) is 3.80. The first kappa shape index (κ1) is 23.9. The first-order chi connectivity index (χ1) is 18.3. The van der Waals surface area contributed by atoms with E-state index >= 15 is 0 Å². The normalized spacial score (nSPS) is 18.4. The topological polar surface area (TPSA) is 80.5 Å². The molecule has 2 aliphatic heterocycles. The number of anilines is 1. The molecule has 7 nitrogen and oxygen atoms in total. The summed E-state index contributed by atoms with van der Waals surface area (Å²) in [4.78, 5) is 11.9. The predicted molar refractivity (Wildman–Crippen MR) is 141 cm³/mol. The highest BCUT2D eigenvalue weighted by molar-refractivity contribution is 5.64. The van der Waals surface area contributed by atoms with Gasteiger partial charge in [-0.05, 0) is 60.2 Å². The average molecular weight is 497 g/mol. The Kier molecular flexibility index (Phi) is 7.03. The Hall–Kier alpha value is -3.47. The molecule has 3 aliphatic rings. The van der Waals surface area contributed by atoms with Crippen LogP contribution in [0.3, 0.4) is 0 Å². The van der Waals surface area contributed by atoms with E-state index in [4.69, 9.17) is 19.2 Å². The summed E-state index contributed by atoms with van der Waals surface area (Å²) in [7, 11) is 0. The van der Waals surface area contributed by atoms with Crippen molar-refractivity contribution in [2.24, 2.45) is 0 Å². The van der Waals surface area contributed by atoms with Gasteiger partial charge in [-0.15, -0.1) is 0 Å². The first-order valence-corrected chi connectivity index (χ1v) is 13.3. The van der Waals surface area contributed by atoms with E-state index in [1.165, 1.54) is 29.7 Å². The zero-order valence-electron chi connectivity index (χ0n) is 21.1. The fourth-order valence-electron chi connectivity index (χ4n) is 5.21. The van der Waals surface area contributed by atoms with Crippen molar-refractivity contribution in [2.45, 2.75) is 44.1 Å². The van der Waals surface area contributed by atoms with Gasteiger partial charge in [-0.3, -0.25) is 0 Å². The van der Waals surface area contributed by atoms with E-state index in [9.17, 15) is 5.26 Å². The second kappa shape index (κ2) is 10.9. The maximum absolute atomic E-state index is 9.76. The summed E-state index contributed by atoms with van der Waals surface area (Å²) in [6.45, 7) is 4.89. The van der Waals surface area contributed by atoms with Gasteiger partial charge in [-0.2, -0.15) is 5.26 Å². The van der Waals surface area contributed by atoms with Gasteiger partial charge in [0.2, 0.25) is 0 Å². The molecule has 0 unspecified atom stereocenters. The summed E-state index contributed by atoms with van der Waals surface area (Å²) < 4.78 is 17.1. The summed E-state index contributed by atoms with van der Waals surface area (Å²) in [5, 5.41) is 9.76. The van der Waals surface area contributed by atoms with E-state index in [1.807, 2.05) is 24.3 Å².